The maximum absolute atomic E-state index is 4.75. The lowest BCUT2D eigenvalue weighted by Gasteiger charge is -2.51. The smallest absolute Gasteiger partial charge is 0.198 e. The van der Waals surface area contributed by atoms with E-state index in [1.165, 1.54) is 25.9 Å². The number of fused-ring (bicyclic) bond motifs is 3. The molecule has 3 fully saturated rings. The lowest BCUT2D eigenvalue weighted by molar-refractivity contribution is 0.0270. The van der Waals surface area contributed by atoms with Crippen molar-refractivity contribution in [2.75, 3.05) is 50.5 Å². The van der Waals surface area contributed by atoms with Crippen molar-refractivity contribution < 1.29 is 0 Å². The summed E-state index contributed by atoms with van der Waals surface area (Å²) in [7, 11) is 4.00. The van der Waals surface area contributed by atoms with E-state index in [2.05, 4.69) is 25.5 Å². The van der Waals surface area contributed by atoms with Crippen molar-refractivity contribution in [3.8, 4) is 0 Å². The molecule has 0 saturated carbocycles. The van der Waals surface area contributed by atoms with Crippen molar-refractivity contribution in [2.24, 2.45) is 10.9 Å². The highest BCUT2D eigenvalue weighted by atomic mass is 32.1. The lowest BCUT2D eigenvalue weighted by Crippen LogP contribution is -2.66. The van der Waals surface area contributed by atoms with Crippen molar-refractivity contribution in [1.82, 2.24) is 20.2 Å². The van der Waals surface area contributed by atoms with Gasteiger partial charge in [0, 0.05) is 20.6 Å². The molecule has 1 spiro atoms. The third kappa shape index (κ3) is 2.55. The quantitative estimate of drug-likeness (QED) is 0.851. The van der Waals surface area contributed by atoms with Gasteiger partial charge in [0.05, 0.1) is 12.1 Å². The molecule has 6 rings (SSSR count). The minimum atomic E-state index is 0.131. The SMILES string of the molecule is CN(C)c1ccc2nc(NC3=NCC4(CN5CCC4CC5)N3)sc2n1. The van der Waals surface area contributed by atoms with Gasteiger partial charge in [0.1, 0.15) is 16.2 Å². The molecule has 1 unspecified atom stereocenters. The van der Waals surface area contributed by atoms with Gasteiger partial charge >= 0.3 is 0 Å². The molecule has 2 bridgehead atoms. The number of thiazole rings is 1. The van der Waals surface area contributed by atoms with Crippen LogP contribution in [-0.2, 0) is 0 Å². The number of aromatic nitrogens is 2. The third-order valence-corrected chi connectivity index (χ3v) is 6.57. The highest BCUT2D eigenvalue weighted by molar-refractivity contribution is 7.22. The Kier molecular flexibility index (Phi) is 3.40. The molecular weight excluding hydrogens is 334 g/mol. The van der Waals surface area contributed by atoms with Crippen LogP contribution in [0.4, 0.5) is 10.9 Å². The normalized spacial score (nSPS) is 30.6. The number of hydrogen-bond acceptors (Lipinski definition) is 8. The third-order valence-electron chi connectivity index (χ3n) is 5.69. The van der Waals surface area contributed by atoms with Crippen LogP contribution in [0.25, 0.3) is 10.3 Å². The van der Waals surface area contributed by atoms with Gasteiger partial charge in [-0.15, -0.1) is 0 Å². The van der Waals surface area contributed by atoms with Gasteiger partial charge in [0.2, 0.25) is 0 Å². The van der Waals surface area contributed by atoms with Crippen molar-refractivity contribution in [2.45, 2.75) is 18.4 Å². The zero-order chi connectivity index (χ0) is 17.0. The van der Waals surface area contributed by atoms with Crippen LogP contribution >= 0.6 is 11.3 Å². The molecule has 25 heavy (non-hydrogen) atoms. The second-order valence-corrected chi connectivity index (χ2v) is 8.51. The molecule has 3 saturated heterocycles. The number of nitrogens with one attached hydrogen (secondary N) is 2. The first-order chi connectivity index (χ1) is 12.1. The monoisotopic (exact) mass is 357 g/mol. The fraction of sp³-hybridized carbons (Fsp3) is 0.588. The molecule has 0 amide bonds. The Balaban J connectivity index is 1.33. The number of aliphatic imine (C=N–C) groups is 1. The van der Waals surface area contributed by atoms with Crippen LogP contribution in [0.2, 0.25) is 0 Å². The number of piperidine rings is 3. The molecule has 2 N–H and O–H groups in total. The number of nitrogens with zero attached hydrogens (tertiary/aromatic N) is 5. The molecule has 132 valence electrons. The Morgan fingerprint density at radius 1 is 1.28 bits per heavy atom. The first-order valence-corrected chi connectivity index (χ1v) is 9.70. The van der Waals surface area contributed by atoms with Gasteiger partial charge in [-0.25, -0.2) is 9.97 Å². The summed E-state index contributed by atoms with van der Waals surface area (Å²) in [6.45, 7) is 4.47. The van der Waals surface area contributed by atoms with Crippen molar-refractivity contribution in [1.29, 1.82) is 0 Å². The lowest BCUT2D eigenvalue weighted by atomic mass is 9.73. The molecular formula is C17H23N7S. The number of anilines is 2. The van der Waals surface area contributed by atoms with Gasteiger partial charge in [-0.05, 0) is 44.0 Å². The number of guanidine groups is 1. The predicted molar refractivity (Wildman–Crippen MR) is 103 cm³/mol. The minimum absolute atomic E-state index is 0.131. The van der Waals surface area contributed by atoms with Gasteiger partial charge in [-0.3, -0.25) is 4.99 Å². The van der Waals surface area contributed by atoms with E-state index in [4.69, 9.17) is 4.99 Å². The molecule has 6 heterocycles. The van der Waals surface area contributed by atoms with Crippen LogP contribution in [0.5, 0.6) is 0 Å². The molecule has 2 aromatic rings. The van der Waals surface area contributed by atoms with E-state index >= 15 is 0 Å². The Labute approximate surface area is 151 Å². The Morgan fingerprint density at radius 2 is 2.12 bits per heavy atom. The average molecular weight is 357 g/mol. The molecule has 4 aliphatic heterocycles. The Morgan fingerprint density at radius 3 is 2.84 bits per heavy atom. The summed E-state index contributed by atoms with van der Waals surface area (Å²) in [4.78, 5) is 19.6. The van der Waals surface area contributed by atoms with Gasteiger partial charge in [-0.2, -0.15) is 0 Å². The van der Waals surface area contributed by atoms with E-state index in [-0.39, 0.29) is 5.54 Å². The predicted octanol–water partition coefficient (Wildman–Crippen LogP) is 1.59. The van der Waals surface area contributed by atoms with E-state index in [0.717, 1.165) is 46.3 Å². The van der Waals surface area contributed by atoms with E-state index in [9.17, 15) is 0 Å². The van der Waals surface area contributed by atoms with E-state index in [1.807, 2.05) is 31.1 Å². The van der Waals surface area contributed by atoms with Crippen molar-refractivity contribution in [3.63, 3.8) is 0 Å². The number of pyridine rings is 1. The van der Waals surface area contributed by atoms with Gasteiger partial charge in [0.25, 0.3) is 0 Å². The molecule has 7 nitrogen and oxygen atoms in total. The molecule has 2 aromatic heterocycles. The number of rotatable bonds is 2. The van der Waals surface area contributed by atoms with Crippen LogP contribution in [0, 0.1) is 5.92 Å². The summed E-state index contributed by atoms with van der Waals surface area (Å²) >= 11 is 1.57. The summed E-state index contributed by atoms with van der Waals surface area (Å²) in [6, 6.07) is 4.03. The average Bonchev–Trinajstić information content (AvgIpc) is 3.19. The summed E-state index contributed by atoms with van der Waals surface area (Å²) in [5.74, 6) is 2.55. The van der Waals surface area contributed by atoms with Crippen LogP contribution in [0.15, 0.2) is 17.1 Å². The van der Waals surface area contributed by atoms with E-state index in [1.54, 1.807) is 11.3 Å². The maximum atomic E-state index is 4.75. The topological polar surface area (TPSA) is 68.7 Å². The Hall–Kier alpha value is -1.93. The van der Waals surface area contributed by atoms with E-state index in [0.29, 0.717) is 0 Å². The van der Waals surface area contributed by atoms with Gasteiger partial charge in [-0.1, -0.05) is 11.3 Å². The molecule has 0 aliphatic carbocycles. The molecule has 0 aromatic carbocycles. The standard InChI is InChI=1S/C17H23N7S/c1-23(2)13-4-3-12-14(20-13)25-16(19-12)21-15-18-9-17(22-15)10-24-7-5-11(17)6-8-24/h3-4,11H,5-10H2,1-2H3,(H2,18,19,21,22). The molecule has 8 heteroatoms. The summed E-state index contributed by atoms with van der Waals surface area (Å²) in [5, 5.41) is 7.93. The highest BCUT2D eigenvalue weighted by Gasteiger charge is 2.49. The largest absolute Gasteiger partial charge is 0.363 e. The van der Waals surface area contributed by atoms with Gasteiger partial charge in [0.15, 0.2) is 11.1 Å². The van der Waals surface area contributed by atoms with Crippen LogP contribution < -0.4 is 15.5 Å². The van der Waals surface area contributed by atoms with Crippen molar-refractivity contribution >= 4 is 38.6 Å². The van der Waals surface area contributed by atoms with Crippen molar-refractivity contribution in [3.05, 3.63) is 12.1 Å². The van der Waals surface area contributed by atoms with Crippen LogP contribution in [0.3, 0.4) is 0 Å². The maximum Gasteiger partial charge on any atom is 0.198 e. The van der Waals surface area contributed by atoms with E-state index < -0.39 is 0 Å². The fourth-order valence-corrected chi connectivity index (χ4v) is 5.14. The van der Waals surface area contributed by atoms with Crippen LogP contribution in [-0.4, -0.2) is 66.6 Å². The zero-order valence-electron chi connectivity index (χ0n) is 14.6. The summed E-state index contributed by atoms with van der Waals surface area (Å²) < 4.78 is 0. The first-order valence-electron chi connectivity index (χ1n) is 8.88. The second kappa shape index (κ2) is 5.54. The Bertz CT molecular complexity index is 837. The highest BCUT2D eigenvalue weighted by Crippen LogP contribution is 2.37. The first kappa shape index (κ1) is 15.3. The molecule has 4 aliphatic rings. The second-order valence-electron chi connectivity index (χ2n) is 7.53. The van der Waals surface area contributed by atoms with Gasteiger partial charge < -0.3 is 20.4 Å². The number of hydrogen-bond donors (Lipinski definition) is 2. The minimum Gasteiger partial charge on any atom is -0.363 e. The molecule has 1 atom stereocenters. The molecule has 0 radical (unpaired) electrons. The van der Waals surface area contributed by atoms with Crippen LogP contribution in [0.1, 0.15) is 12.8 Å². The summed E-state index contributed by atoms with van der Waals surface area (Å²) in [5.41, 5.74) is 1.06. The summed E-state index contributed by atoms with van der Waals surface area (Å²) in [6.07, 6.45) is 2.57. The fourth-order valence-electron chi connectivity index (χ4n) is 4.31. The zero-order valence-corrected chi connectivity index (χ0v) is 15.4.